The van der Waals surface area contributed by atoms with Crippen LogP contribution in [0, 0.1) is 13.8 Å². The number of benzene rings is 2. The number of nitrogens with one attached hydrogen (secondary N) is 1. The van der Waals surface area contributed by atoms with Crippen molar-refractivity contribution < 1.29 is 22.5 Å². The molecule has 33 heavy (non-hydrogen) atoms. The lowest BCUT2D eigenvalue weighted by atomic mass is 10.1. The molecular formula is C22H24N4O5S2. The van der Waals surface area contributed by atoms with Crippen molar-refractivity contribution in [1.82, 2.24) is 14.4 Å². The lowest BCUT2D eigenvalue weighted by molar-refractivity contribution is 0.0730. The van der Waals surface area contributed by atoms with Crippen molar-refractivity contribution in [2.24, 2.45) is 0 Å². The molecule has 0 bridgehead atoms. The first-order valence-electron chi connectivity index (χ1n) is 10.4. The maximum Gasteiger partial charge on any atom is 0.256 e. The molecule has 11 heteroatoms. The monoisotopic (exact) mass is 488 g/mol. The molecule has 2 heterocycles. The summed E-state index contributed by atoms with van der Waals surface area (Å²) in [5, 5.41) is 6.65. The van der Waals surface area contributed by atoms with E-state index in [1.54, 1.807) is 31.2 Å². The highest BCUT2D eigenvalue weighted by Gasteiger charge is 2.27. The molecule has 0 unspecified atom stereocenters. The summed E-state index contributed by atoms with van der Waals surface area (Å²) < 4.78 is 37.8. The fourth-order valence-electron chi connectivity index (χ4n) is 3.34. The van der Waals surface area contributed by atoms with Crippen molar-refractivity contribution in [2.45, 2.75) is 29.4 Å². The molecule has 0 atom stereocenters. The highest BCUT2D eigenvalue weighted by atomic mass is 32.2. The minimum atomic E-state index is -3.67. The summed E-state index contributed by atoms with van der Waals surface area (Å²) in [5.41, 5.74) is 1.68. The van der Waals surface area contributed by atoms with Gasteiger partial charge >= 0.3 is 0 Å². The summed E-state index contributed by atoms with van der Waals surface area (Å²) in [6.07, 6.45) is 0. The Hall–Kier alpha value is -2.73. The fraction of sp³-hybridized carbons (Fsp3) is 0.318. The van der Waals surface area contributed by atoms with E-state index >= 15 is 0 Å². The van der Waals surface area contributed by atoms with E-state index in [0.29, 0.717) is 55.0 Å². The number of nitrogens with zero attached hydrogens (tertiary/aromatic N) is 3. The van der Waals surface area contributed by atoms with Gasteiger partial charge < -0.3 is 14.6 Å². The average molecular weight is 489 g/mol. The molecule has 1 amide bonds. The van der Waals surface area contributed by atoms with Gasteiger partial charge in [-0.3, -0.25) is 4.79 Å². The van der Waals surface area contributed by atoms with Crippen LogP contribution in [0.4, 0.5) is 5.69 Å². The van der Waals surface area contributed by atoms with Gasteiger partial charge in [-0.1, -0.05) is 23.4 Å². The van der Waals surface area contributed by atoms with Crippen molar-refractivity contribution in [3.63, 3.8) is 0 Å². The van der Waals surface area contributed by atoms with Gasteiger partial charge in [0, 0.05) is 23.7 Å². The van der Waals surface area contributed by atoms with Gasteiger partial charge in [0.05, 0.1) is 29.4 Å². The smallest absolute Gasteiger partial charge is 0.256 e. The van der Waals surface area contributed by atoms with Crippen molar-refractivity contribution >= 4 is 33.4 Å². The third kappa shape index (κ3) is 5.44. The number of aryl methyl sites for hydroxylation is 2. The van der Waals surface area contributed by atoms with E-state index in [1.807, 2.05) is 19.1 Å². The number of morpholine rings is 1. The van der Waals surface area contributed by atoms with Gasteiger partial charge in [-0.25, -0.2) is 8.42 Å². The number of amides is 1. The largest absolute Gasteiger partial charge is 0.379 e. The van der Waals surface area contributed by atoms with Crippen LogP contribution in [0.25, 0.3) is 0 Å². The fourth-order valence-corrected chi connectivity index (χ4v) is 5.66. The number of carbonyl (C=O) groups is 1. The topological polar surface area (TPSA) is 115 Å². The van der Waals surface area contributed by atoms with Crippen molar-refractivity contribution in [2.75, 3.05) is 31.6 Å². The molecule has 3 aromatic rings. The van der Waals surface area contributed by atoms with Crippen LogP contribution >= 0.6 is 11.8 Å². The molecule has 0 spiro atoms. The molecule has 1 aliphatic heterocycles. The van der Waals surface area contributed by atoms with E-state index in [1.165, 1.54) is 22.1 Å². The van der Waals surface area contributed by atoms with E-state index in [4.69, 9.17) is 9.26 Å². The summed E-state index contributed by atoms with van der Waals surface area (Å²) in [4.78, 5) is 18.2. The molecule has 1 N–H and O–H groups in total. The highest BCUT2D eigenvalue weighted by molar-refractivity contribution is 7.98. The maximum atomic E-state index is 13.1. The number of hydrogen-bond donors (Lipinski definition) is 1. The Labute approximate surface area is 196 Å². The van der Waals surface area contributed by atoms with Gasteiger partial charge in [0.2, 0.25) is 15.9 Å². The average Bonchev–Trinajstić information content (AvgIpc) is 3.24. The number of anilines is 1. The second-order valence-electron chi connectivity index (χ2n) is 7.47. The van der Waals surface area contributed by atoms with Gasteiger partial charge in [0.1, 0.15) is 0 Å². The van der Waals surface area contributed by atoms with Crippen molar-refractivity contribution in [1.29, 1.82) is 0 Å². The van der Waals surface area contributed by atoms with Crippen LogP contribution in [0.1, 0.15) is 27.6 Å². The Bertz CT molecular complexity index is 1250. The van der Waals surface area contributed by atoms with Crippen LogP contribution in [0.15, 0.2) is 56.8 Å². The molecule has 1 aliphatic rings. The van der Waals surface area contributed by atoms with E-state index in [9.17, 15) is 13.2 Å². The zero-order valence-corrected chi connectivity index (χ0v) is 19.9. The molecule has 0 saturated carbocycles. The predicted octanol–water partition coefficient (Wildman–Crippen LogP) is 3.25. The third-order valence-corrected chi connectivity index (χ3v) is 8.07. The molecule has 0 aliphatic carbocycles. The van der Waals surface area contributed by atoms with Crippen LogP contribution in [0.2, 0.25) is 0 Å². The summed E-state index contributed by atoms with van der Waals surface area (Å²) in [5.74, 6) is 1.13. The first-order chi connectivity index (χ1) is 15.8. The predicted molar refractivity (Wildman–Crippen MR) is 124 cm³/mol. The standard InChI is InChI=1S/C22H24N4O5S2/c1-15-7-8-17(33(28,29)26-9-11-30-12-10-26)13-19(15)24-22(27)18-5-3-4-6-20(18)32-14-21-23-16(2)25-31-21/h3-8,13H,9-12,14H2,1-2H3,(H,24,27). The number of ether oxygens (including phenoxy) is 1. The number of hydrogen-bond acceptors (Lipinski definition) is 8. The van der Waals surface area contributed by atoms with Crippen LogP contribution < -0.4 is 5.32 Å². The molecule has 1 fully saturated rings. The van der Waals surface area contributed by atoms with E-state index in [-0.39, 0.29) is 10.8 Å². The number of carbonyl (C=O) groups excluding carboxylic acids is 1. The summed E-state index contributed by atoms with van der Waals surface area (Å²) in [6.45, 7) is 4.91. The zero-order valence-electron chi connectivity index (χ0n) is 18.3. The Kier molecular flexibility index (Phi) is 7.13. The van der Waals surface area contributed by atoms with Crippen LogP contribution in [0.3, 0.4) is 0 Å². The molecule has 1 aromatic heterocycles. The lowest BCUT2D eigenvalue weighted by Crippen LogP contribution is -2.40. The third-order valence-electron chi connectivity index (χ3n) is 5.12. The number of aromatic nitrogens is 2. The number of thioether (sulfide) groups is 1. The number of rotatable bonds is 7. The van der Waals surface area contributed by atoms with E-state index in [0.717, 1.165) is 10.5 Å². The molecule has 1 saturated heterocycles. The van der Waals surface area contributed by atoms with Crippen molar-refractivity contribution in [3.05, 3.63) is 65.3 Å². The number of sulfonamides is 1. The van der Waals surface area contributed by atoms with Crippen LogP contribution in [0.5, 0.6) is 0 Å². The minimum Gasteiger partial charge on any atom is -0.379 e. The Morgan fingerprint density at radius 1 is 1.15 bits per heavy atom. The molecule has 9 nitrogen and oxygen atoms in total. The Morgan fingerprint density at radius 3 is 2.64 bits per heavy atom. The molecule has 4 rings (SSSR count). The van der Waals surface area contributed by atoms with Crippen molar-refractivity contribution in [3.8, 4) is 0 Å². The van der Waals surface area contributed by atoms with Gasteiger partial charge in [-0.2, -0.15) is 9.29 Å². The summed E-state index contributed by atoms with van der Waals surface area (Å²) >= 11 is 1.41. The normalized spacial score (nSPS) is 14.8. The summed E-state index contributed by atoms with van der Waals surface area (Å²) in [6, 6.07) is 12.0. The van der Waals surface area contributed by atoms with E-state index in [2.05, 4.69) is 15.5 Å². The lowest BCUT2D eigenvalue weighted by Gasteiger charge is -2.26. The zero-order chi connectivity index (χ0) is 23.4. The van der Waals surface area contributed by atoms with Gasteiger partial charge in [-0.05, 0) is 43.7 Å². The van der Waals surface area contributed by atoms with Gasteiger partial charge in [-0.15, -0.1) is 11.8 Å². The first-order valence-corrected chi connectivity index (χ1v) is 12.8. The first kappa shape index (κ1) is 23.4. The quantitative estimate of drug-likeness (QED) is 0.504. The molecule has 2 aromatic carbocycles. The minimum absolute atomic E-state index is 0.139. The molecule has 0 radical (unpaired) electrons. The van der Waals surface area contributed by atoms with E-state index < -0.39 is 10.0 Å². The molecular weight excluding hydrogens is 464 g/mol. The summed E-state index contributed by atoms with van der Waals surface area (Å²) in [7, 11) is -3.67. The second kappa shape index (κ2) is 10.0. The molecule has 174 valence electrons. The Morgan fingerprint density at radius 2 is 1.91 bits per heavy atom. The maximum absolute atomic E-state index is 13.1. The van der Waals surface area contributed by atoms with Gasteiger partial charge in [0.15, 0.2) is 5.82 Å². The van der Waals surface area contributed by atoms with Gasteiger partial charge in [0.25, 0.3) is 5.91 Å². The van der Waals surface area contributed by atoms with Crippen LogP contribution in [-0.4, -0.2) is 55.1 Å². The van der Waals surface area contributed by atoms with Crippen LogP contribution in [-0.2, 0) is 20.5 Å². The Balaban J connectivity index is 1.53. The SMILES string of the molecule is Cc1noc(CSc2ccccc2C(=O)Nc2cc(S(=O)(=O)N3CCOCC3)ccc2C)n1. The second-order valence-corrected chi connectivity index (χ2v) is 10.4. The highest BCUT2D eigenvalue weighted by Crippen LogP contribution is 2.28.